The zero-order valence-corrected chi connectivity index (χ0v) is 13.1. The molecule has 0 saturated carbocycles. The van der Waals surface area contributed by atoms with E-state index < -0.39 is 4.92 Å². The highest BCUT2D eigenvalue weighted by Gasteiger charge is 2.25. The molecule has 0 atom stereocenters. The molecule has 0 aliphatic heterocycles. The Balaban J connectivity index is 2.44. The summed E-state index contributed by atoms with van der Waals surface area (Å²) in [7, 11) is 0. The third-order valence-corrected chi connectivity index (χ3v) is 3.00. The van der Waals surface area contributed by atoms with Crippen molar-refractivity contribution in [2.75, 3.05) is 5.32 Å². The summed E-state index contributed by atoms with van der Waals surface area (Å²) < 4.78 is 5.38. The van der Waals surface area contributed by atoms with Crippen LogP contribution in [0.15, 0.2) is 24.5 Å². The van der Waals surface area contributed by atoms with Crippen molar-refractivity contribution in [3.05, 3.63) is 45.2 Å². The lowest BCUT2D eigenvalue weighted by Gasteiger charge is -2.12. The molecule has 1 heterocycles. The normalized spacial score (nSPS) is 10.6. The molecule has 0 aliphatic rings. The minimum atomic E-state index is -0.564. The van der Waals surface area contributed by atoms with Crippen LogP contribution < -0.4 is 10.1 Å². The molecule has 0 aliphatic carbocycles. The highest BCUT2D eigenvalue weighted by molar-refractivity contribution is 6.30. The molecule has 0 spiro atoms. The standard InChI is InChI=1S/C14H15ClN4O3/c1-8(2)22-14-12(19(20)21)13(16-7-17-14)18-11-5-4-10(15)6-9(11)3/h4-8H,1-3H3,(H,16,17,18). The van der Waals surface area contributed by atoms with Crippen molar-refractivity contribution >= 4 is 28.8 Å². The number of hydrogen-bond acceptors (Lipinski definition) is 6. The maximum Gasteiger partial charge on any atom is 0.373 e. The van der Waals surface area contributed by atoms with Crippen molar-refractivity contribution in [3.63, 3.8) is 0 Å². The summed E-state index contributed by atoms with van der Waals surface area (Å²) in [4.78, 5) is 18.6. The first kappa shape index (κ1) is 16.0. The Hall–Kier alpha value is -2.41. The molecule has 0 saturated heterocycles. The molecular formula is C14H15ClN4O3. The van der Waals surface area contributed by atoms with Gasteiger partial charge in [-0.2, -0.15) is 4.98 Å². The van der Waals surface area contributed by atoms with Gasteiger partial charge in [0, 0.05) is 10.7 Å². The van der Waals surface area contributed by atoms with Gasteiger partial charge in [-0.3, -0.25) is 10.1 Å². The van der Waals surface area contributed by atoms with E-state index in [1.54, 1.807) is 32.0 Å². The number of hydrogen-bond donors (Lipinski definition) is 1. The number of nitrogens with zero attached hydrogens (tertiary/aromatic N) is 3. The van der Waals surface area contributed by atoms with Crippen LogP contribution in [0.2, 0.25) is 5.02 Å². The van der Waals surface area contributed by atoms with E-state index in [1.165, 1.54) is 6.33 Å². The highest BCUT2D eigenvalue weighted by Crippen LogP contribution is 2.34. The zero-order chi connectivity index (χ0) is 16.3. The van der Waals surface area contributed by atoms with E-state index in [0.29, 0.717) is 10.7 Å². The van der Waals surface area contributed by atoms with Gasteiger partial charge < -0.3 is 10.1 Å². The van der Waals surface area contributed by atoms with Crippen molar-refractivity contribution < 1.29 is 9.66 Å². The number of aryl methyl sites for hydroxylation is 1. The van der Waals surface area contributed by atoms with Gasteiger partial charge in [-0.25, -0.2) is 4.98 Å². The number of rotatable bonds is 5. The first-order valence-corrected chi connectivity index (χ1v) is 6.95. The Bertz CT molecular complexity index is 706. The third-order valence-electron chi connectivity index (χ3n) is 2.76. The summed E-state index contributed by atoms with van der Waals surface area (Å²) in [5.74, 6) is 0.00480. The fourth-order valence-electron chi connectivity index (χ4n) is 1.82. The van der Waals surface area contributed by atoms with E-state index in [0.717, 1.165) is 5.56 Å². The number of benzene rings is 1. The number of nitrogens with one attached hydrogen (secondary N) is 1. The molecule has 1 N–H and O–H groups in total. The number of anilines is 2. The second kappa shape index (κ2) is 6.57. The van der Waals surface area contributed by atoms with E-state index in [4.69, 9.17) is 16.3 Å². The molecule has 2 aromatic rings. The summed E-state index contributed by atoms with van der Waals surface area (Å²) >= 11 is 5.90. The van der Waals surface area contributed by atoms with Gasteiger partial charge in [-0.15, -0.1) is 0 Å². The highest BCUT2D eigenvalue weighted by atomic mass is 35.5. The molecule has 2 rings (SSSR count). The lowest BCUT2D eigenvalue weighted by Crippen LogP contribution is -2.11. The largest absolute Gasteiger partial charge is 0.470 e. The van der Waals surface area contributed by atoms with Gasteiger partial charge in [-0.05, 0) is 44.5 Å². The lowest BCUT2D eigenvalue weighted by atomic mass is 10.2. The second-order valence-corrected chi connectivity index (χ2v) is 5.32. The fraction of sp³-hybridized carbons (Fsp3) is 0.286. The number of ether oxygens (including phenoxy) is 1. The number of nitro groups is 1. The second-order valence-electron chi connectivity index (χ2n) is 4.88. The van der Waals surface area contributed by atoms with Gasteiger partial charge in [0.2, 0.25) is 5.82 Å². The van der Waals surface area contributed by atoms with Crippen molar-refractivity contribution in [3.8, 4) is 5.88 Å². The third kappa shape index (κ3) is 3.62. The molecule has 0 unspecified atom stereocenters. The molecule has 0 radical (unpaired) electrons. The van der Waals surface area contributed by atoms with Crippen LogP contribution in [0.4, 0.5) is 17.2 Å². The fourth-order valence-corrected chi connectivity index (χ4v) is 2.05. The van der Waals surface area contributed by atoms with Crippen molar-refractivity contribution in [2.24, 2.45) is 0 Å². The summed E-state index contributed by atoms with van der Waals surface area (Å²) in [5, 5.41) is 14.9. The molecular weight excluding hydrogens is 308 g/mol. The van der Waals surface area contributed by atoms with E-state index in [2.05, 4.69) is 15.3 Å². The molecule has 22 heavy (non-hydrogen) atoms. The van der Waals surface area contributed by atoms with Gasteiger partial charge in [0.15, 0.2) is 0 Å². The Morgan fingerprint density at radius 2 is 2.09 bits per heavy atom. The lowest BCUT2D eigenvalue weighted by molar-refractivity contribution is -0.385. The van der Waals surface area contributed by atoms with Gasteiger partial charge in [-0.1, -0.05) is 11.6 Å². The zero-order valence-electron chi connectivity index (χ0n) is 12.3. The van der Waals surface area contributed by atoms with Gasteiger partial charge in [0.1, 0.15) is 6.33 Å². The SMILES string of the molecule is Cc1cc(Cl)ccc1Nc1ncnc(OC(C)C)c1[N+](=O)[O-]. The summed E-state index contributed by atoms with van der Waals surface area (Å²) in [6.45, 7) is 5.37. The van der Waals surface area contributed by atoms with Crippen molar-refractivity contribution in [1.29, 1.82) is 0 Å². The predicted octanol–water partition coefficient (Wildman–Crippen LogP) is 3.88. The summed E-state index contributed by atoms with van der Waals surface area (Å²) in [6, 6.07) is 5.17. The van der Waals surface area contributed by atoms with E-state index in [-0.39, 0.29) is 23.5 Å². The topological polar surface area (TPSA) is 90.2 Å². The van der Waals surface area contributed by atoms with Crippen LogP contribution >= 0.6 is 11.6 Å². The van der Waals surface area contributed by atoms with Crippen LogP contribution in [0.1, 0.15) is 19.4 Å². The smallest absolute Gasteiger partial charge is 0.373 e. The summed E-state index contributed by atoms with van der Waals surface area (Å²) in [6.07, 6.45) is 0.983. The first-order valence-electron chi connectivity index (χ1n) is 6.57. The molecule has 0 bridgehead atoms. The maximum atomic E-state index is 11.3. The van der Waals surface area contributed by atoms with Crippen LogP contribution in [-0.4, -0.2) is 21.0 Å². The average molecular weight is 323 g/mol. The molecule has 116 valence electrons. The monoisotopic (exact) mass is 322 g/mol. The molecule has 8 heteroatoms. The van der Waals surface area contributed by atoms with Crippen LogP contribution in [0.5, 0.6) is 5.88 Å². The Labute approximate surface area is 132 Å². The first-order chi connectivity index (χ1) is 10.4. The van der Waals surface area contributed by atoms with Gasteiger partial charge in [0.05, 0.1) is 11.0 Å². The molecule has 0 fully saturated rings. The summed E-state index contributed by atoms with van der Waals surface area (Å²) in [5.41, 5.74) is 1.21. The van der Waals surface area contributed by atoms with Crippen molar-refractivity contribution in [2.45, 2.75) is 26.9 Å². The minimum Gasteiger partial charge on any atom is -0.470 e. The van der Waals surface area contributed by atoms with Crippen LogP contribution in [0, 0.1) is 17.0 Å². The van der Waals surface area contributed by atoms with Crippen LogP contribution in [0.3, 0.4) is 0 Å². The minimum absolute atomic E-state index is 0.0656. The molecule has 7 nitrogen and oxygen atoms in total. The van der Waals surface area contributed by atoms with Crippen LogP contribution in [-0.2, 0) is 0 Å². The van der Waals surface area contributed by atoms with Crippen molar-refractivity contribution in [1.82, 2.24) is 9.97 Å². The number of halogens is 1. The Morgan fingerprint density at radius 1 is 1.36 bits per heavy atom. The van der Waals surface area contributed by atoms with E-state index >= 15 is 0 Å². The van der Waals surface area contributed by atoms with Crippen LogP contribution in [0.25, 0.3) is 0 Å². The maximum absolute atomic E-state index is 11.3. The van der Waals surface area contributed by atoms with E-state index in [1.807, 2.05) is 6.92 Å². The van der Waals surface area contributed by atoms with E-state index in [9.17, 15) is 10.1 Å². The van der Waals surface area contributed by atoms with Gasteiger partial charge in [0.25, 0.3) is 5.88 Å². The quantitative estimate of drug-likeness (QED) is 0.663. The molecule has 1 aromatic heterocycles. The Kier molecular flexibility index (Phi) is 4.77. The van der Waals surface area contributed by atoms with Gasteiger partial charge >= 0.3 is 5.69 Å². The molecule has 0 amide bonds. The average Bonchev–Trinajstić information content (AvgIpc) is 2.41. The Morgan fingerprint density at radius 3 is 2.68 bits per heavy atom. The molecule has 1 aromatic carbocycles. The number of aromatic nitrogens is 2. The predicted molar refractivity (Wildman–Crippen MR) is 83.9 cm³/mol.